The molecule has 7 nitrogen and oxygen atoms in total. The van der Waals surface area contributed by atoms with Crippen molar-refractivity contribution in [2.75, 3.05) is 24.6 Å². The van der Waals surface area contributed by atoms with E-state index in [0.717, 1.165) is 22.2 Å². The molecule has 4 aromatic rings. The Kier molecular flexibility index (Phi) is 4.83. The smallest absolute Gasteiger partial charge is 0.228 e. The van der Waals surface area contributed by atoms with E-state index in [4.69, 9.17) is 14.7 Å². The molecule has 6 rings (SSSR count). The van der Waals surface area contributed by atoms with Crippen LogP contribution in [0.25, 0.3) is 22.3 Å². The zero-order valence-electron chi connectivity index (χ0n) is 18.7. The molecule has 1 saturated carbocycles. The Balaban J connectivity index is 1.39. The monoisotopic (exact) mass is 444 g/mol. The van der Waals surface area contributed by atoms with Crippen molar-refractivity contribution >= 4 is 17.0 Å². The van der Waals surface area contributed by atoms with Gasteiger partial charge in [-0.05, 0) is 56.5 Å². The topological polar surface area (TPSA) is 69.0 Å². The van der Waals surface area contributed by atoms with Crippen molar-refractivity contribution in [2.24, 2.45) is 0 Å². The van der Waals surface area contributed by atoms with Crippen LogP contribution in [0.15, 0.2) is 42.7 Å². The number of hydrogen-bond donors (Lipinski definition) is 0. The molecule has 2 aliphatic rings. The van der Waals surface area contributed by atoms with Gasteiger partial charge >= 0.3 is 0 Å². The molecule has 33 heavy (non-hydrogen) atoms. The molecule has 1 saturated heterocycles. The highest BCUT2D eigenvalue weighted by atomic mass is 19.1. The largest absolute Gasteiger partial charge is 0.370 e. The van der Waals surface area contributed by atoms with Crippen LogP contribution >= 0.6 is 0 Å². The molecule has 1 aromatic carbocycles. The minimum Gasteiger partial charge on any atom is -0.370 e. The predicted octanol–water partition coefficient (Wildman–Crippen LogP) is 4.56. The number of rotatable bonds is 4. The average Bonchev–Trinajstić information content (AvgIpc) is 3.54. The van der Waals surface area contributed by atoms with Crippen molar-refractivity contribution in [3.05, 3.63) is 65.4 Å². The summed E-state index contributed by atoms with van der Waals surface area (Å²) in [5.74, 6) is 0.243. The van der Waals surface area contributed by atoms with Crippen LogP contribution in [0.1, 0.15) is 41.8 Å². The first-order valence-corrected chi connectivity index (χ1v) is 11.4. The van der Waals surface area contributed by atoms with E-state index in [0.29, 0.717) is 48.6 Å². The fourth-order valence-corrected chi connectivity index (χ4v) is 4.34. The van der Waals surface area contributed by atoms with Gasteiger partial charge in [-0.25, -0.2) is 14.4 Å². The Morgan fingerprint density at radius 1 is 1.06 bits per heavy atom. The third kappa shape index (κ3) is 3.84. The number of hydrogen-bond acceptors (Lipinski definition) is 6. The molecule has 0 N–H and O–H groups in total. The van der Waals surface area contributed by atoms with E-state index in [9.17, 15) is 4.39 Å². The lowest BCUT2D eigenvalue weighted by atomic mass is 10.1. The molecule has 4 heterocycles. The Labute approximate surface area is 191 Å². The highest BCUT2D eigenvalue weighted by Crippen LogP contribution is 2.36. The van der Waals surface area contributed by atoms with E-state index in [2.05, 4.69) is 21.2 Å². The summed E-state index contributed by atoms with van der Waals surface area (Å²) >= 11 is 0. The number of halogens is 1. The number of morpholine rings is 1. The Morgan fingerprint density at radius 2 is 1.94 bits per heavy atom. The van der Waals surface area contributed by atoms with Gasteiger partial charge in [-0.3, -0.25) is 4.68 Å². The molecular formula is C25H25FN6O. The van der Waals surface area contributed by atoms with Crippen molar-refractivity contribution in [2.45, 2.75) is 38.8 Å². The van der Waals surface area contributed by atoms with Crippen LogP contribution in [-0.4, -0.2) is 44.4 Å². The highest BCUT2D eigenvalue weighted by Gasteiger charge is 2.29. The number of aromatic nitrogens is 5. The number of anilines is 1. The molecule has 0 radical (unpaired) electrons. The second-order valence-electron chi connectivity index (χ2n) is 8.97. The van der Waals surface area contributed by atoms with Gasteiger partial charge in [0.15, 0.2) is 5.65 Å². The number of nitrogens with zero attached hydrogens (tertiary/aromatic N) is 6. The fourth-order valence-electron chi connectivity index (χ4n) is 4.34. The molecule has 2 fully saturated rings. The normalized spacial score (nSPS) is 18.8. The summed E-state index contributed by atoms with van der Waals surface area (Å²) in [6.45, 7) is 5.61. The van der Waals surface area contributed by atoms with Crippen molar-refractivity contribution < 1.29 is 9.13 Å². The Morgan fingerprint density at radius 3 is 2.76 bits per heavy atom. The summed E-state index contributed by atoms with van der Waals surface area (Å²) < 4.78 is 23.0. The molecule has 3 aromatic heterocycles. The van der Waals surface area contributed by atoms with E-state index >= 15 is 0 Å². The maximum Gasteiger partial charge on any atom is 0.228 e. The highest BCUT2D eigenvalue weighted by molar-refractivity contribution is 5.91. The lowest BCUT2D eigenvalue weighted by molar-refractivity contribution is 0.0392. The zero-order chi connectivity index (χ0) is 22.5. The van der Waals surface area contributed by atoms with Gasteiger partial charge in [-0.2, -0.15) is 10.1 Å². The van der Waals surface area contributed by atoms with Crippen LogP contribution in [-0.2, 0) is 4.74 Å². The molecule has 0 unspecified atom stereocenters. The number of aryl methyl sites for hydroxylation is 2. The van der Waals surface area contributed by atoms with Gasteiger partial charge in [0.1, 0.15) is 11.9 Å². The fraction of sp³-hybridized carbons (Fsp3) is 0.360. The first-order chi connectivity index (χ1) is 16.0. The molecule has 0 amide bonds. The third-order valence-electron chi connectivity index (χ3n) is 6.33. The van der Waals surface area contributed by atoms with E-state index in [1.54, 1.807) is 6.07 Å². The van der Waals surface area contributed by atoms with Crippen LogP contribution in [0.4, 0.5) is 10.3 Å². The molecule has 1 aliphatic heterocycles. The van der Waals surface area contributed by atoms with Gasteiger partial charge in [0.25, 0.3) is 0 Å². The minimum atomic E-state index is -0.297. The quantitative estimate of drug-likeness (QED) is 0.460. The molecular weight excluding hydrogens is 419 g/mol. The summed E-state index contributed by atoms with van der Waals surface area (Å²) in [7, 11) is 0. The first-order valence-electron chi connectivity index (χ1n) is 11.4. The van der Waals surface area contributed by atoms with Gasteiger partial charge in [0.2, 0.25) is 5.95 Å². The summed E-state index contributed by atoms with van der Waals surface area (Å²) in [6, 6.07) is 9.57. The summed E-state index contributed by atoms with van der Waals surface area (Å²) in [6.07, 6.45) is 6.25. The second-order valence-corrected chi connectivity index (χ2v) is 8.97. The Hall–Kier alpha value is -3.39. The molecule has 8 heteroatoms. The minimum absolute atomic E-state index is 0.115. The second kappa shape index (κ2) is 7.88. The van der Waals surface area contributed by atoms with Crippen molar-refractivity contribution in [1.82, 2.24) is 24.7 Å². The summed E-state index contributed by atoms with van der Waals surface area (Å²) in [5.41, 5.74) is 4.37. The number of ether oxygens (including phenoxy) is 1. The van der Waals surface area contributed by atoms with Gasteiger partial charge in [-0.1, -0.05) is 6.07 Å². The third-order valence-corrected chi connectivity index (χ3v) is 6.33. The molecule has 1 aliphatic carbocycles. The number of pyridine rings is 1. The van der Waals surface area contributed by atoms with Crippen LogP contribution in [0.3, 0.4) is 0 Å². The predicted molar refractivity (Wildman–Crippen MR) is 124 cm³/mol. The maximum absolute atomic E-state index is 14.9. The molecule has 1 atom stereocenters. The van der Waals surface area contributed by atoms with E-state index in [1.807, 2.05) is 42.9 Å². The maximum atomic E-state index is 14.9. The van der Waals surface area contributed by atoms with Crippen molar-refractivity contribution in [1.29, 1.82) is 0 Å². The first kappa shape index (κ1) is 20.2. The Bertz CT molecular complexity index is 1350. The van der Waals surface area contributed by atoms with Crippen LogP contribution < -0.4 is 4.90 Å². The zero-order valence-corrected chi connectivity index (χ0v) is 18.7. The summed E-state index contributed by atoms with van der Waals surface area (Å²) in [4.78, 5) is 16.3. The van der Waals surface area contributed by atoms with Gasteiger partial charge in [-0.15, -0.1) is 0 Å². The van der Waals surface area contributed by atoms with Crippen LogP contribution in [0.2, 0.25) is 0 Å². The summed E-state index contributed by atoms with van der Waals surface area (Å²) in [5, 5.41) is 5.25. The number of fused-ring (bicyclic) bond motifs is 1. The van der Waals surface area contributed by atoms with Gasteiger partial charge in [0.05, 0.1) is 31.1 Å². The van der Waals surface area contributed by atoms with Crippen molar-refractivity contribution in [3.8, 4) is 11.3 Å². The SMILES string of the molecule is Cc1ccc(-c2nc(N3CCO[C@@H](c4cnn(C5CC5)c4)C3)nc3nc(C)ccc23)c(F)c1. The van der Waals surface area contributed by atoms with E-state index in [1.165, 1.54) is 18.9 Å². The van der Waals surface area contributed by atoms with Gasteiger partial charge in [0, 0.05) is 34.9 Å². The number of benzene rings is 1. The molecule has 168 valence electrons. The van der Waals surface area contributed by atoms with Crippen molar-refractivity contribution in [3.63, 3.8) is 0 Å². The van der Waals surface area contributed by atoms with Crippen LogP contribution in [0.5, 0.6) is 0 Å². The lowest BCUT2D eigenvalue weighted by Gasteiger charge is -2.32. The van der Waals surface area contributed by atoms with Crippen LogP contribution in [0, 0.1) is 19.7 Å². The van der Waals surface area contributed by atoms with E-state index < -0.39 is 0 Å². The molecule has 0 spiro atoms. The molecule has 0 bridgehead atoms. The van der Waals surface area contributed by atoms with E-state index in [-0.39, 0.29) is 11.9 Å². The lowest BCUT2D eigenvalue weighted by Crippen LogP contribution is -2.39. The van der Waals surface area contributed by atoms with Gasteiger partial charge < -0.3 is 9.64 Å². The standard InChI is InChI=1S/C25H25FN6O/c1-15-3-7-19(21(26)11-15)23-20-8-4-16(2)28-24(20)30-25(29-23)31-9-10-33-22(14-31)17-12-27-32(13-17)18-5-6-18/h3-4,7-8,11-13,18,22H,5-6,9-10,14H2,1-2H3/t22-/m1/s1. The average molecular weight is 445 g/mol.